The van der Waals surface area contributed by atoms with Gasteiger partial charge in [-0.2, -0.15) is 0 Å². The molecule has 0 amide bonds. The van der Waals surface area contributed by atoms with Crippen LogP contribution in [0.2, 0.25) is 0 Å². The fraction of sp³-hybridized carbons (Fsp3) is 0.357. The first-order valence-electron chi connectivity index (χ1n) is 5.99. The molecule has 1 aromatic carbocycles. The third kappa shape index (κ3) is 3.09. The van der Waals surface area contributed by atoms with E-state index in [9.17, 15) is 0 Å². The molecule has 0 spiro atoms. The topological polar surface area (TPSA) is 27.1 Å². The van der Waals surface area contributed by atoms with Crippen molar-refractivity contribution in [1.82, 2.24) is 9.55 Å². The van der Waals surface area contributed by atoms with Gasteiger partial charge in [0.1, 0.15) is 18.2 Å². The SMILES string of the molecule is CCc1ccc(OCCn2ccnc2C)cc1. The van der Waals surface area contributed by atoms with E-state index < -0.39 is 0 Å². The minimum Gasteiger partial charge on any atom is -0.492 e. The van der Waals surface area contributed by atoms with Crippen molar-refractivity contribution >= 4 is 0 Å². The van der Waals surface area contributed by atoms with Gasteiger partial charge < -0.3 is 9.30 Å². The van der Waals surface area contributed by atoms with Crippen LogP contribution >= 0.6 is 0 Å². The van der Waals surface area contributed by atoms with Crippen molar-refractivity contribution in [3.63, 3.8) is 0 Å². The second-order valence-corrected chi connectivity index (χ2v) is 4.01. The largest absolute Gasteiger partial charge is 0.492 e. The van der Waals surface area contributed by atoms with Crippen LogP contribution in [0.25, 0.3) is 0 Å². The van der Waals surface area contributed by atoms with E-state index in [4.69, 9.17) is 4.74 Å². The molecule has 0 fully saturated rings. The zero-order valence-corrected chi connectivity index (χ0v) is 10.4. The van der Waals surface area contributed by atoms with Gasteiger partial charge in [0, 0.05) is 12.4 Å². The minimum atomic E-state index is 0.669. The van der Waals surface area contributed by atoms with Gasteiger partial charge in [0.05, 0.1) is 6.54 Å². The third-order valence-corrected chi connectivity index (χ3v) is 2.86. The Balaban J connectivity index is 1.83. The summed E-state index contributed by atoms with van der Waals surface area (Å²) in [5, 5.41) is 0. The number of nitrogens with zero attached hydrogens (tertiary/aromatic N) is 2. The highest BCUT2D eigenvalue weighted by atomic mass is 16.5. The molecule has 0 aliphatic rings. The van der Waals surface area contributed by atoms with Crippen LogP contribution in [-0.2, 0) is 13.0 Å². The Kier molecular flexibility index (Phi) is 3.81. The maximum absolute atomic E-state index is 5.69. The highest BCUT2D eigenvalue weighted by Gasteiger charge is 1.97. The van der Waals surface area contributed by atoms with Gasteiger partial charge in [-0.05, 0) is 31.0 Å². The molecule has 17 heavy (non-hydrogen) atoms. The van der Waals surface area contributed by atoms with Crippen LogP contribution in [0.5, 0.6) is 5.75 Å². The van der Waals surface area contributed by atoms with Crippen LogP contribution in [-0.4, -0.2) is 16.2 Å². The third-order valence-electron chi connectivity index (χ3n) is 2.86. The molecule has 0 aliphatic heterocycles. The van der Waals surface area contributed by atoms with Gasteiger partial charge in [-0.1, -0.05) is 19.1 Å². The van der Waals surface area contributed by atoms with Crippen LogP contribution in [0.1, 0.15) is 18.3 Å². The summed E-state index contributed by atoms with van der Waals surface area (Å²) in [6.45, 7) is 5.65. The van der Waals surface area contributed by atoms with E-state index in [0.717, 1.165) is 24.5 Å². The summed E-state index contributed by atoms with van der Waals surface area (Å²) >= 11 is 0. The second kappa shape index (κ2) is 5.53. The maximum Gasteiger partial charge on any atom is 0.119 e. The lowest BCUT2D eigenvalue weighted by Gasteiger charge is -2.08. The molecule has 0 saturated heterocycles. The average Bonchev–Trinajstić information content (AvgIpc) is 2.76. The number of ether oxygens (including phenoxy) is 1. The monoisotopic (exact) mass is 230 g/mol. The first-order valence-corrected chi connectivity index (χ1v) is 5.99. The van der Waals surface area contributed by atoms with Crippen molar-refractivity contribution in [1.29, 1.82) is 0 Å². The normalized spacial score (nSPS) is 10.5. The van der Waals surface area contributed by atoms with Gasteiger partial charge in [0.15, 0.2) is 0 Å². The van der Waals surface area contributed by atoms with E-state index in [1.54, 1.807) is 0 Å². The Morgan fingerprint density at radius 2 is 2.00 bits per heavy atom. The Labute approximate surface area is 102 Å². The van der Waals surface area contributed by atoms with Crippen LogP contribution < -0.4 is 4.74 Å². The predicted molar refractivity (Wildman–Crippen MR) is 68.3 cm³/mol. The van der Waals surface area contributed by atoms with Gasteiger partial charge in [0.2, 0.25) is 0 Å². The van der Waals surface area contributed by atoms with E-state index in [2.05, 4.69) is 28.6 Å². The number of benzene rings is 1. The van der Waals surface area contributed by atoms with Crippen LogP contribution in [0.4, 0.5) is 0 Å². The van der Waals surface area contributed by atoms with Gasteiger partial charge in [-0.15, -0.1) is 0 Å². The smallest absolute Gasteiger partial charge is 0.119 e. The number of aryl methyl sites for hydroxylation is 2. The molecule has 2 rings (SSSR count). The fourth-order valence-electron chi connectivity index (χ4n) is 1.72. The van der Waals surface area contributed by atoms with Crippen LogP contribution in [0.3, 0.4) is 0 Å². The van der Waals surface area contributed by atoms with E-state index in [1.807, 2.05) is 31.5 Å². The fourth-order valence-corrected chi connectivity index (χ4v) is 1.72. The maximum atomic E-state index is 5.69. The molecule has 0 unspecified atom stereocenters. The summed E-state index contributed by atoms with van der Waals surface area (Å²) in [4.78, 5) is 4.17. The lowest BCUT2D eigenvalue weighted by Crippen LogP contribution is -2.08. The first-order chi connectivity index (χ1) is 8.29. The zero-order chi connectivity index (χ0) is 12.1. The predicted octanol–water partition coefficient (Wildman–Crippen LogP) is 2.83. The minimum absolute atomic E-state index is 0.669. The second-order valence-electron chi connectivity index (χ2n) is 4.01. The molecule has 3 heteroatoms. The summed E-state index contributed by atoms with van der Waals surface area (Å²) in [5.41, 5.74) is 1.34. The molecular weight excluding hydrogens is 212 g/mol. The summed E-state index contributed by atoms with van der Waals surface area (Å²) in [6.07, 6.45) is 4.85. The summed E-state index contributed by atoms with van der Waals surface area (Å²) < 4.78 is 7.77. The molecule has 0 bridgehead atoms. The van der Waals surface area contributed by atoms with Crippen molar-refractivity contribution in [3.8, 4) is 5.75 Å². The summed E-state index contributed by atoms with van der Waals surface area (Å²) in [7, 11) is 0. The van der Waals surface area contributed by atoms with Gasteiger partial charge in [0.25, 0.3) is 0 Å². The molecule has 0 atom stereocenters. The molecular formula is C14H18N2O. The Morgan fingerprint density at radius 1 is 1.24 bits per heavy atom. The molecule has 90 valence electrons. The van der Waals surface area contributed by atoms with E-state index >= 15 is 0 Å². The summed E-state index contributed by atoms with van der Waals surface area (Å²) in [6, 6.07) is 8.27. The Bertz CT molecular complexity index is 459. The van der Waals surface area contributed by atoms with Crippen molar-refractivity contribution in [2.75, 3.05) is 6.61 Å². The lowest BCUT2D eigenvalue weighted by molar-refractivity contribution is 0.297. The molecule has 2 aromatic rings. The van der Waals surface area contributed by atoms with Crippen molar-refractivity contribution < 1.29 is 4.74 Å². The van der Waals surface area contributed by atoms with Gasteiger partial charge in [-0.25, -0.2) is 4.98 Å². The van der Waals surface area contributed by atoms with Crippen molar-refractivity contribution in [2.45, 2.75) is 26.8 Å². The van der Waals surface area contributed by atoms with Crippen LogP contribution in [0.15, 0.2) is 36.7 Å². The van der Waals surface area contributed by atoms with Gasteiger partial charge >= 0.3 is 0 Å². The number of rotatable bonds is 5. The Hall–Kier alpha value is -1.77. The number of hydrogen-bond acceptors (Lipinski definition) is 2. The molecule has 0 aliphatic carbocycles. The average molecular weight is 230 g/mol. The van der Waals surface area contributed by atoms with E-state index in [0.29, 0.717) is 6.61 Å². The zero-order valence-electron chi connectivity index (χ0n) is 10.4. The lowest BCUT2D eigenvalue weighted by atomic mass is 10.2. The Morgan fingerprint density at radius 3 is 2.59 bits per heavy atom. The molecule has 1 heterocycles. The standard InChI is InChI=1S/C14H18N2O/c1-3-13-4-6-14(7-5-13)17-11-10-16-9-8-15-12(16)2/h4-9H,3,10-11H2,1-2H3. The van der Waals surface area contributed by atoms with E-state index in [1.165, 1.54) is 5.56 Å². The molecule has 1 aromatic heterocycles. The van der Waals surface area contributed by atoms with Crippen molar-refractivity contribution in [3.05, 3.63) is 48.0 Å². The number of imidazole rings is 1. The highest BCUT2D eigenvalue weighted by molar-refractivity contribution is 5.27. The molecule has 3 nitrogen and oxygen atoms in total. The molecule has 0 radical (unpaired) electrons. The number of aromatic nitrogens is 2. The van der Waals surface area contributed by atoms with Crippen molar-refractivity contribution in [2.24, 2.45) is 0 Å². The molecule has 0 saturated carbocycles. The van der Waals surface area contributed by atoms with Gasteiger partial charge in [-0.3, -0.25) is 0 Å². The van der Waals surface area contributed by atoms with E-state index in [-0.39, 0.29) is 0 Å². The summed E-state index contributed by atoms with van der Waals surface area (Å²) in [5.74, 6) is 1.95. The van der Waals surface area contributed by atoms with Crippen LogP contribution in [0, 0.1) is 6.92 Å². The quantitative estimate of drug-likeness (QED) is 0.789. The highest BCUT2D eigenvalue weighted by Crippen LogP contribution is 2.12. The molecule has 0 N–H and O–H groups in total. The number of hydrogen-bond donors (Lipinski definition) is 0. The first kappa shape index (κ1) is 11.7.